The maximum atomic E-state index is 13.5. The highest BCUT2D eigenvalue weighted by Gasteiger charge is 2.41. The molecule has 1 amide bonds. The number of nitrogens with zero attached hydrogens (tertiary/aromatic N) is 5. The van der Waals surface area contributed by atoms with Gasteiger partial charge in [-0.25, -0.2) is 10.1 Å². The summed E-state index contributed by atoms with van der Waals surface area (Å²) < 4.78 is 90.7. The van der Waals surface area contributed by atoms with Crippen molar-refractivity contribution >= 4 is 17.4 Å². The predicted molar refractivity (Wildman–Crippen MR) is 128 cm³/mol. The Morgan fingerprint density at radius 1 is 1.10 bits per heavy atom. The van der Waals surface area contributed by atoms with Crippen LogP contribution in [0.15, 0.2) is 23.3 Å². The third kappa shape index (κ3) is 5.67. The second kappa shape index (κ2) is 10.8. The number of aromatic amines is 1. The van der Waals surface area contributed by atoms with E-state index in [4.69, 9.17) is 9.47 Å². The molecule has 0 aromatic carbocycles. The number of alkyl halides is 6. The molecule has 2 aromatic heterocycles. The first-order valence-corrected chi connectivity index (χ1v) is 12.7. The van der Waals surface area contributed by atoms with Crippen LogP contribution in [0.1, 0.15) is 30.4 Å². The van der Waals surface area contributed by atoms with E-state index in [-0.39, 0.29) is 49.6 Å². The number of pyridine rings is 1. The number of hydrogen-bond acceptors (Lipinski definition) is 8. The fourth-order valence-corrected chi connectivity index (χ4v) is 5.35. The summed E-state index contributed by atoms with van der Waals surface area (Å²) in [6.07, 6.45) is -6.41. The second-order valence-electron chi connectivity index (χ2n) is 9.81. The molecule has 40 heavy (non-hydrogen) atoms. The molecule has 2 fully saturated rings. The summed E-state index contributed by atoms with van der Waals surface area (Å²) in [7, 11) is 0. The van der Waals surface area contributed by atoms with Crippen molar-refractivity contribution in [3.63, 3.8) is 0 Å². The molecule has 0 aliphatic carbocycles. The Labute approximate surface area is 223 Å². The highest BCUT2D eigenvalue weighted by atomic mass is 19.4. The summed E-state index contributed by atoms with van der Waals surface area (Å²) in [5.74, 6) is 0.177. The number of piperazine rings is 1. The minimum atomic E-state index is -4.84. The van der Waals surface area contributed by atoms with Crippen molar-refractivity contribution in [3.05, 3.63) is 39.9 Å². The van der Waals surface area contributed by atoms with E-state index in [0.29, 0.717) is 44.8 Å². The van der Waals surface area contributed by atoms with Crippen LogP contribution in [-0.4, -0.2) is 84.1 Å². The van der Waals surface area contributed by atoms with Crippen LogP contribution in [-0.2, 0) is 21.9 Å². The Morgan fingerprint density at radius 3 is 2.65 bits per heavy atom. The van der Waals surface area contributed by atoms with Crippen molar-refractivity contribution in [2.24, 2.45) is 0 Å². The quantitative estimate of drug-likeness (QED) is 0.414. The number of H-pyrrole nitrogens is 1. The molecule has 1 unspecified atom stereocenters. The van der Waals surface area contributed by atoms with E-state index in [2.05, 4.69) is 10.1 Å². The lowest BCUT2D eigenvalue weighted by atomic mass is 10.1. The van der Waals surface area contributed by atoms with E-state index >= 15 is 0 Å². The lowest BCUT2D eigenvalue weighted by Crippen LogP contribution is -2.58. The van der Waals surface area contributed by atoms with Crippen molar-refractivity contribution in [1.82, 2.24) is 20.1 Å². The number of nitrogens with one attached hydrogen (secondary N) is 1. The molecule has 2 saturated heterocycles. The summed E-state index contributed by atoms with van der Waals surface area (Å²) in [5.41, 5.74) is -3.80. The smallest absolute Gasteiger partial charge is 0.423 e. The van der Waals surface area contributed by atoms with Gasteiger partial charge in [-0.1, -0.05) is 0 Å². The highest BCUT2D eigenvalue weighted by Crippen LogP contribution is 2.39. The number of rotatable bonds is 6. The first kappa shape index (κ1) is 28.0. The van der Waals surface area contributed by atoms with Gasteiger partial charge in [0.25, 0.3) is 5.56 Å². The molecular weight excluding hydrogens is 550 g/mol. The molecule has 10 nitrogen and oxygen atoms in total. The van der Waals surface area contributed by atoms with Gasteiger partial charge in [0, 0.05) is 32.4 Å². The van der Waals surface area contributed by atoms with Gasteiger partial charge >= 0.3 is 12.4 Å². The van der Waals surface area contributed by atoms with Crippen molar-refractivity contribution in [2.45, 2.75) is 43.7 Å². The van der Waals surface area contributed by atoms with Gasteiger partial charge in [0.1, 0.15) is 12.2 Å². The summed E-state index contributed by atoms with van der Waals surface area (Å²) >= 11 is 0. The third-order valence-electron chi connectivity index (χ3n) is 7.28. The third-order valence-corrected chi connectivity index (χ3v) is 7.28. The van der Waals surface area contributed by atoms with Crippen LogP contribution >= 0.6 is 0 Å². The van der Waals surface area contributed by atoms with Gasteiger partial charge in [-0.3, -0.25) is 9.59 Å². The SMILES string of the molecule is O=C(CCOC[C@@H]1CCCN1c1cn[nH]c(=O)c1C(F)(F)F)N1CCN2c3ncc(C(F)(F)F)cc3OCC2C1. The standard InChI is InChI=1S/C24H26F6N6O4/c25-23(26,27)14-8-18-21(31-9-14)36-6-5-34(11-16(36)13-40-18)19(37)3-7-39-12-15-2-1-4-35(15)17-10-32-33-22(38)20(17)24(28,29)30/h8-10,15-16H,1-7,11-13H2,(H,33,38)/t15-,16?/m0/s1. The normalized spacial score (nSPS) is 21.2. The monoisotopic (exact) mass is 576 g/mol. The Bertz CT molecular complexity index is 1300. The minimum Gasteiger partial charge on any atom is -0.487 e. The second-order valence-corrected chi connectivity index (χ2v) is 9.81. The Balaban J connectivity index is 1.12. The number of halogens is 6. The number of ether oxygens (including phenoxy) is 2. The largest absolute Gasteiger partial charge is 0.487 e. The van der Waals surface area contributed by atoms with Crippen LogP contribution in [0.5, 0.6) is 5.75 Å². The maximum absolute atomic E-state index is 13.5. The fourth-order valence-electron chi connectivity index (χ4n) is 5.35. The minimum absolute atomic E-state index is 0.0461. The zero-order valence-electron chi connectivity index (χ0n) is 21.1. The Morgan fingerprint density at radius 2 is 1.90 bits per heavy atom. The Kier molecular flexibility index (Phi) is 7.54. The molecule has 0 bridgehead atoms. The van der Waals surface area contributed by atoms with Crippen LogP contribution in [0.2, 0.25) is 0 Å². The molecule has 3 aliphatic rings. The first-order valence-electron chi connectivity index (χ1n) is 12.7. The predicted octanol–water partition coefficient (Wildman–Crippen LogP) is 2.69. The first-order chi connectivity index (χ1) is 18.9. The van der Waals surface area contributed by atoms with Gasteiger partial charge < -0.3 is 24.2 Å². The van der Waals surface area contributed by atoms with Gasteiger partial charge in [0.15, 0.2) is 11.6 Å². The van der Waals surface area contributed by atoms with E-state index in [0.717, 1.165) is 18.5 Å². The molecule has 218 valence electrons. The van der Waals surface area contributed by atoms with E-state index < -0.39 is 35.1 Å². The topological polar surface area (TPSA) is 104 Å². The van der Waals surface area contributed by atoms with Crippen molar-refractivity contribution in [2.75, 3.05) is 55.8 Å². The van der Waals surface area contributed by atoms with E-state index in [1.165, 1.54) is 4.90 Å². The number of aromatic nitrogens is 3. The molecule has 2 aromatic rings. The number of hydrogen-bond donors (Lipinski definition) is 1. The van der Waals surface area contributed by atoms with Crippen LogP contribution in [0.4, 0.5) is 37.8 Å². The summed E-state index contributed by atoms with van der Waals surface area (Å²) in [4.78, 5) is 33.5. The highest BCUT2D eigenvalue weighted by molar-refractivity contribution is 5.77. The summed E-state index contributed by atoms with van der Waals surface area (Å²) in [6, 6.07) is 0.246. The zero-order chi connectivity index (χ0) is 28.7. The molecule has 3 aliphatic heterocycles. The number of carbonyl (C=O) groups excluding carboxylic acids is 1. The van der Waals surface area contributed by atoms with Crippen LogP contribution in [0.3, 0.4) is 0 Å². The number of fused-ring (bicyclic) bond motifs is 3. The number of carbonyl (C=O) groups is 1. The molecule has 1 N–H and O–H groups in total. The molecule has 5 rings (SSSR count). The molecular formula is C24H26F6N6O4. The maximum Gasteiger partial charge on any atom is 0.423 e. The zero-order valence-corrected chi connectivity index (χ0v) is 21.1. The molecule has 0 saturated carbocycles. The lowest BCUT2D eigenvalue weighted by Gasteiger charge is -2.44. The van der Waals surface area contributed by atoms with Crippen LogP contribution in [0, 0.1) is 0 Å². The number of anilines is 2. The fraction of sp³-hybridized carbons (Fsp3) is 0.583. The number of amides is 1. The molecule has 2 atom stereocenters. The van der Waals surface area contributed by atoms with Gasteiger partial charge in [0.05, 0.1) is 49.2 Å². The van der Waals surface area contributed by atoms with Gasteiger partial charge in [-0.15, -0.1) is 0 Å². The van der Waals surface area contributed by atoms with Crippen LogP contribution in [0.25, 0.3) is 0 Å². The molecule has 5 heterocycles. The van der Waals surface area contributed by atoms with E-state index in [9.17, 15) is 35.9 Å². The summed E-state index contributed by atoms with van der Waals surface area (Å²) in [5, 5.41) is 5.36. The van der Waals surface area contributed by atoms with Crippen molar-refractivity contribution in [1.29, 1.82) is 0 Å². The summed E-state index contributed by atoms with van der Waals surface area (Å²) in [6.45, 7) is 1.54. The molecule has 16 heteroatoms. The Hall–Kier alpha value is -3.56. The van der Waals surface area contributed by atoms with Gasteiger partial charge in [-0.2, -0.15) is 31.4 Å². The van der Waals surface area contributed by atoms with Gasteiger partial charge in [-0.05, 0) is 18.9 Å². The van der Waals surface area contributed by atoms with Crippen molar-refractivity contribution < 1.29 is 40.6 Å². The average molecular weight is 576 g/mol. The molecule has 0 radical (unpaired) electrons. The average Bonchev–Trinajstić information content (AvgIpc) is 3.37. The molecule has 0 spiro atoms. The van der Waals surface area contributed by atoms with Crippen LogP contribution < -0.4 is 20.1 Å². The van der Waals surface area contributed by atoms with E-state index in [1.54, 1.807) is 4.90 Å². The van der Waals surface area contributed by atoms with E-state index in [1.807, 2.05) is 10.00 Å². The lowest BCUT2D eigenvalue weighted by molar-refractivity contribution is -0.139. The van der Waals surface area contributed by atoms with Gasteiger partial charge in [0.2, 0.25) is 5.91 Å². The van der Waals surface area contributed by atoms with Crippen molar-refractivity contribution in [3.8, 4) is 5.75 Å².